The molecule has 3 rings (SSSR count). The molecule has 32 heavy (non-hydrogen) atoms. The second kappa shape index (κ2) is 11.9. The van der Waals surface area contributed by atoms with Gasteiger partial charge in [0.05, 0.1) is 18.1 Å². The van der Waals surface area contributed by atoms with Crippen LogP contribution in [0.5, 0.6) is 5.75 Å². The molecule has 1 heterocycles. The van der Waals surface area contributed by atoms with Crippen LogP contribution < -0.4 is 15.4 Å². The molecule has 2 aromatic carbocycles. The van der Waals surface area contributed by atoms with Gasteiger partial charge in [-0.2, -0.15) is 0 Å². The molecule has 7 heteroatoms. The fourth-order valence-corrected chi connectivity index (χ4v) is 3.81. The number of ether oxygens (including phenoxy) is 1. The van der Waals surface area contributed by atoms with Gasteiger partial charge in [-0.3, -0.25) is 14.4 Å². The van der Waals surface area contributed by atoms with Crippen molar-refractivity contribution >= 4 is 23.4 Å². The molecule has 2 aromatic rings. The summed E-state index contributed by atoms with van der Waals surface area (Å²) in [6.07, 6.45) is 2.46. The number of likely N-dealkylation sites (tertiary alicyclic amines) is 1. The number of nitrogens with one attached hydrogen (secondary N) is 2. The van der Waals surface area contributed by atoms with Gasteiger partial charge in [-0.15, -0.1) is 0 Å². The van der Waals surface area contributed by atoms with Crippen LogP contribution in [0.25, 0.3) is 0 Å². The van der Waals surface area contributed by atoms with Crippen LogP contribution in [0.1, 0.15) is 43.0 Å². The van der Waals surface area contributed by atoms with Gasteiger partial charge in [-0.25, -0.2) is 0 Å². The summed E-state index contributed by atoms with van der Waals surface area (Å²) in [7, 11) is 0. The molecule has 1 aliphatic heterocycles. The highest BCUT2D eigenvalue weighted by molar-refractivity contribution is 5.97. The van der Waals surface area contributed by atoms with Crippen molar-refractivity contribution in [1.82, 2.24) is 10.2 Å². The highest BCUT2D eigenvalue weighted by Gasteiger charge is 2.28. The minimum Gasteiger partial charge on any atom is -0.493 e. The standard InChI is InChI=1S/C25H31N3O4/c1-2-32-22-14-7-6-13-21(22)25(31)26-16-8-15-23(29)28-17-9-10-19(18-28)24(30)27-20-11-4-3-5-12-20/h3-7,11-14,19H,2,8-10,15-18H2,1H3,(H,26,31)(H,27,30). The van der Waals surface area contributed by atoms with Gasteiger partial charge in [-0.05, 0) is 50.5 Å². The minimum atomic E-state index is -0.211. The Bertz CT molecular complexity index is 916. The molecule has 2 N–H and O–H groups in total. The molecule has 1 atom stereocenters. The maximum Gasteiger partial charge on any atom is 0.255 e. The van der Waals surface area contributed by atoms with Gasteiger partial charge >= 0.3 is 0 Å². The van der Waals surface area contributed by atoms with Crippen molar-refractivity contribution in [3.63, 3.8) is 0 Å². The first-order valence-electron chi connectivity index (χ1n) is 11.2. The summed E-state index contributed by atoms with van der Waals surface area (Å²) in [5.74, 6) is 0.108. The lowest BCUT2D eigenvalue weighted by Crippen LogP contribution is -2.43. The number of hydrogen-bond acceptors (Lipinski definition) is 4. The lowest BCUT2D eigenvalue weighted by molar-refractivity contribution is -0.134. The Balaban J connectivity index is 1.42. The highest BCUT2D eigenvalue weighted by Crippen LogP contribution is 2.20. The van der Waals surface area contributed by atoms with Crippen LogP contribution in [0, 0.1) is 5.92 Å². The van der Waals surface area contributed by atoms with Gasteiger partial charge in [0.1, 0.15) is 5.75 Å². The fraction of sp³-hybridized carbons (Fsp3) is 0.400. The smallest absolute Gasteiger partial charge is 0.255 e. The molecule has 1 aliphatic rings. The van der Waals surface area contributed by atoms with Crippen LogP contribution in [-0.4, -0.2) is 48.9 Å². The predicted molar refractivity (Wildman–Crippen MR) is 124 cm³/mol. The summed E-state index contributed by atoms with van der Waals surface area (Å²) in [4.78, 5) is 39.4. The zero-order valence-electron chi connectivity index (χ0n) is 18.5. The fourth-order valence-electron chi connectivity index (χ4n) is 3.81. The molecule has 1 fully saturated rings. The van der Waals surface area contributed by atoms with Gasteiger partial charge in [0, 0.05) is 31.7 Å². The lowest BCUT2D eigenvalue weighted by Gasteiger charge is -2.32. The minimum absolute atomic E-state index is 0.0196. The van der Waals surface area contributed by atoms with E-state index in [9.17, 15) is 14.4 Å². The zero-order valence-corrected chi connectivity index (χ0v) is 18.5. The predicted octanol–water partition coefficient (Wildman–Crippen LogP) is 3.47. The number of piperidine rings is 1. The first-order chi connectivity index (χ1) is 15.6. The van der Waals surface area contributed by atoms with E-state index in [4.69, 9.17) is 4.74 Å². The average molecular weight is 438 g/mol. The molecule has 0 aliphatic carbocycles. The Morgan fingerprint density at radius 3 is 2.59 bits per heavy atom. The number of para-hydroxylation sites is 2. The summed E-state index contributed by atoms with van der Waals surface area (Å²) >= 11 is 0. The lowest BCUT2D eigenvalue weighted by atomic mass is 9.96. The van der Waals surface area contributed by atoms with E-state index in [-0.39, 0.29) is 23.6 Å². The van der Waals surface area contributed by atoms with E-state index in [1.807, 2.05) is 43.3 Å². The van der Waals surface area contributed by atoms with E-state index in [2.05, 4.69) is 10.6 Å². The van der Waals surface area contributed by atoms with Crippen LogP contribution in [0.4, 0.5) is 5.69 Å². The summed E-state index contributed by atoms with van der Waals surface area (Å²) in [6, 6.07) is 16.5. The van der Waals surface area contributed by atoms with Crippen molar-refractivity contribution in [3.05, 3.63) is 60.2 Å². The van der Waals surface area contributed by atoms with Crippen LogP contribution in [-0.2, 0) is 9.59 Å². The number of hydrogen-bond donors (Lipinski definition) is 2. The quantitative estimate of drug-likeness (QED) is 0.588. The third kappa shape index (κ3) is 6.57. The second-order valence-electron chi connectivity index (χ2n) is 7.82. The van der Waals surface area contributed by atoms with Crippen molar-refractivity contribution in [2.75, 3.05) is 31.6 Å². The van der Waals surface area contributed by atoms with Gasteiger partial charge in [0.15, 0.2) is 0 Å². The average Bonchev–Trinajstić information content (AvgIpc) is 2.83. The molecule has 0 bridgehead atoms. The van der Waals surface area contributed by atoms with Crippen molar-refractivity contribution < 1.29 is 19.1 Å². The SMILES string of the molecule is CCOc1ccccc1C(=O)NCCCC(=O)N1CCCC(C(=O)Nc2ccccc2)C1. The van der Waals surface area contributed by atoms with Crippen LogP contribution in [0.2, 0.25) is 0 Å². The van der Waals surface area contributed by atoms with E-state index in [1.165, 1.54) is 0 Å². The van der Waals surface area contributed by atoms with Crippen molar-refractivity contribution in [1.29, 1.82) is 0 Å². The third-order valence-corrected chi connectivity index (χ3v) is 5.47. The number of rotatable bonds is 9. The van der Waals surface area contributed by atoms with Crippen LogP contribution in [0.3, 0.4) is 0 Å². The molecule has 0 radical (unpaired) electrons. The topological polar surface area (TPSA) is 87.7 Å². The van der Waals surface area contributed by atoms with Gasteiger partial charge < -0.3 is 20.3 Å². The number of benzene rings is 2. The Labute approximate surface area is 189 Å². The number of carbonyl (C=O) groups is 3. The molecule has 1 saturated heterocycles. The number of nitrogens with zero attached hydrogens (tertiary/aromatic N) is 1. The van der Waals surface area contributed by atoms with Crippen molar-refractivity contribution in [2.45, 2.75) is 32.6 Å². The van der Waals surface area contributed by atoms with Crippen LogP contribution >= 0.6 is 0 Å². The Morgan fingerprint density at radius 2 is 1.81 bits per heavy atom. The zero-order chi connectivity index (χ0) is 22.8. The Kier molecular flexibility index (Phi) is 8.66. The summed E-state index contributed by atoms with van der Waals surface area (Å²) in [5.41, 5.74) is 1.26. The number of anilines is 1. The van der Waals surface area contributed by atoms with Gasteiger partial charge in [-0.1, -0.05) is 30.3 Å². The normalized spacial score (nSPS) is 15.7. The van der Waals surface area contributed by atoms with Gasteiger partial charge in [0.25, 0.3) is 5.91 Å². The Morgan fingerprint density at radius 1 is 1.06 bits per heavy atom. The molecule has 0 saturated carbocycles. The van der Waals surface area contributed by atoms with E-state index < -0.39 is 0 Å². The molecular weight excluding hydrogens is 406 g/mol. The number of carbonyl (C=O) groups excluding carboxylic acids is 3. The maximum atomic E-state index is 12.6. The maximum absolute atomic E-state index is 12.6. The molecule has 7 nitrogen and oxygen atoms in total. The molecular formula is C25H31N3O4. The first-order valence-corrected chi connectivity index (χ1v) is 11.2. The molecule has 0 aromatic heterocycles. The second-order valence-corrected chi connectivity index (χ2v) is 7.82. The van der Waals surface area contributed by atoms with Gasteiger partial charge in [0.2, 0.25) is 11.8 Å². The Hall–Kier alpha value is -3.35. The molecule has 3 amide bonds. The van der Waals surface area contributed by atoms with E-state index >= 15 is 0 Å². The van der Waals surface area contributed by atoms with Crippen molar-refractivity contribution in [2.24, 2.45) is 5.92 Å². The number of amides is 3. The van der Waals surface area contributed by atoms with Crippen molar-refractivity contribution in [3.8, 4) is 5.75 Å². The first kappa shape index (κ1) is 23.3. The molecule has 0 spiro atoms. The molecule has 170 valence electrons. The summed E-state index contributed by atoms with van der Waals surface area (Å²) < 4.78 is 5.49. The summed E-state index contributed by atoms with van der Waals surface area (Å²) in [5, 5.41) is 5.79. The largest absolute Gasteiger partial charge is 0.493 e. The van der Waals surface area contributed by atoms with E-state index in [0.717, 1.165) is 18.5 Å². The van der Waals surface area contributed by atoms with Crippen LogP contribution in [0.15, 0.2) is 54.6 Å². The summed E-state index contributed by atoms with van der Waals surface area (Å²) in [6.45, 7) is 3.86. The monoisotopic (exact) mass is 437 g/mol. The van der Waals surface area contributed by atoms with E-state index in [0.29, 0.717) is 50.4 Å². The third-order valence-electron chi connectivity index (χ3n) is 5.47. The van der Waals surface area contributed by atoms with E-state index in [1.54, 1.807) is 23.1 Å². The molecule has 1 unspecified atom stereocenters. The highest BCUT2D eigenvalue weighted by atomic mass is 16.5.